The molecule has 1 aromatic carbocycles. The minimum absolute atomic E-state index is 0.122. The molecule has 2 aromatic rings. The largest absolute Gasteiger partial charge is 0.382 e. The second kappa shape index (κ2) is 7.23. The summed E-state index contributed by atoms with van der Waals surface area (Å²) < 4.78 is 1.66. The Bertz CT molecular complexity index is 775. The van der Waals surface area contributed by atoms with E-state index in [0.717, 1.165) is 12.1 Å². The average Bonchev–Trinajstić information content (AvgIpc) is 2.99. The Morgan fingerprint density at radius 3 is 3.00 bits per heavy atom. The second-order valence-corrected chi connectivity index (χ2v) is 6.26. The summed E-state index contributed by atoms with van der Waals surface area (Å²) in [6, 6.07) is 5.23. The highest BCUT2D eigenvalue weighted by atomic mass is 35.5. The quantitative estimate of drug-likeness (QED) is 0.616. The first-order chi connectivity index (χ1) is 11.6. The molecule has 1 amide bonds. The molecule has 0 aliphatic carbocycles. The Morgan fingerprint density at radius 2 is 2.25 bits per heavy atom. The molecule has 8 heteroatoms. The zero-order chi connectivity index (χ0) is 17.1. The van der Waals surface area contributed by atoms with Gasteiger partial charge >= 0.3 is 0 Å². The Balaban J connectivity index is 1.67. The highest BCUT2D eigenvalue weighted by Gasteiger charge is 2.32. The molecule has 0 spiro atoms. The van der Waals surface area contributed by atoms with Gasteiger partial charge in [0.05, 0.1) is 28.1 Å². The Morgan fingerprint density at radius 1 is 1.42 bits per heavy atom. The van der Waals surface area contributed by atoms with E-state index >= 15 is 0 Å². The summed E-state index contributed by atoms with van der Waals surface area (Å²) in [5.74, 6) is -0.122. The maximum absolute atomic E-state index is 12.5. The van der Waals surface area contributed by atoms with E-state index in [0.29, 0.717) is 28.6 Å². The minimum Gasteiger partial charge on any atom is -0.382 e. The van der Waals surface area contributed by atoms with Crippen LogP contribution in [0.2, 0.25) is 10.0 Å². The van der Waals surface area contributed by atoms with Crippen molar-refractivity contribution >= 4 is 41.0 Å². The van der Waals surface area contributed by atoms with E-state index in [1.165, 1.54) is 6.21 Å². The van der Waals surface area contributed by atoms with E-state index in [-0.39, 0.29) is 5.91 Å². The van der Waals surface area contributed by atoms with E-state index < -0.39 is 6.10 Å². The lowest BCUT2D eigenvalue weighted by molar-refractivity contribution is -0.132. The minimum atomic E-state index is -0.617. The van der Waals surface area contributed by atoms with Crippen molar-refractivity contribution in [3.05, 3.63) is 46.2 Å². The monoisotopic (exact) mass is 366 g/mol. The van der Waals surface area contributed by atoms with Gasteiger partial charge in [-0.15, -0.1) is 0 Å². The van der Waals surface area contributed by atoms with E-state index in [9.17, 15) is 4.79 Å². The standard InChI is InChI=1S/C16H16Cl2N4O2/c1-21-10-12(9-19-21)22-7-3-6-14(16(22)23)24-20-8-11-4-2-5-13(17)15(11)18/h2,4-5,8-10,14H,3,6-7H2,1H3. The smallest absolute Gasteiger partial charge is 0.270 e. The first-order valence-corrected chi connectivity index (χ1v) is 8.25. The molecule has 1 atom stereocenters. The Labute approximate surface area is 149 Å². The number of halogens is 2. The molecule has 3 rings (SSSR count). The summed E-state index contributed by atoms with van der Waals surface area (Å²) in [4.78, 5) is 19.6. The van der Waals surface area contributed by atoms with Gasteiger partial charge in [0, 0.05) is 25.4 Å². The number of carbonyl (C=O) groups excluding carboxylic acids is 1. The van der Waals surface area contributed by atoms with Crippen molar-refractivity contribution in [1.82, 2.24) is 9.78 Å². The predicted octanol–water partition coefficient (Wildman–Crippen LogP) is 3.27. The van der Waals surface area contributed by atoms with Crippen LogP contribution in [0, 0.1) is 0 Å². The molecule has 126 valence electrons. The number of anilines is 1. The zero-order valence-corrected chi connectivity index (χ0v) is 14.5. The number of rotatable bonds is 4. The highest BCUT2D eigenvalue weighted by molar-refractivity contribution is 6.43. The van der Waals surface area contributed by atoms with Crippen molar-refractivity contribution in [2.45, 2.75) is 18.9 Å². The number of amides is 1. The number of carbonyl (C=O) groups is 1. The van der Waals surface area contributed by atoms with Crippen molar-refractivity contribution in [2.24, 2.45) is 12.2 Å². The van der Waals surface area contributed by atoms with Crippen LogP contribution < -0.4 is 4.90 Å². The van der Waals surface area contributed by atoms with Crippen LogP contribution in [0.5, 0.6) is 0 Å². The number of hydrogen-bond donors (Lipinski definition) is 0. The molecule has 1 unspecified atom stereocenters. The Kier molecular flexibility index (Phi) is 5.06. The predicted molar refractivity (Wildman–Crippen MR) is 93.7 cm³/mol. The number of nitrogens with zero attached hydrogens (tertiary/aromatic N) is 4. The van der Waals surface area contributed by atoms with Gasteiger partial charge in [0.1, 0.15) is 0 Å². The lowest BCUT2D eigenvalue weighted by Crippen LogP contribution is -2.44. The topological polar surface area (TPSA) is 59.7 Å². The number of benzene rings is 1. The molecule has 1 aliphatic heterocycles. The fraction of sp³-hybridized carbons (Fsp3) is 0.312. The first kappa shape index (κ1) is 16.8. The molecular formula is C16H16Cl2N4O2. The second-order valence-electron chi connectivity index (χ2n) is 5.48. The van der Waals surface area contributed by atoms with Gasteiger partial charge in [-0.25, -0.2) is 0 Å². The van der Waals surface area contributed by atoms with Crippen molar-refractivity contribution in [3.63, 3.8) is 0 Å². The third kappa shape index (κ3) is 3.55. The number of oxime groups is 1. The SMILES string of the molecule is Cn1cc(N2CCCC(ON=Cc3cccc(Cl)c3Cl)C2=O)cn1. The normalized spacial score (nSPS) is 18.4. The summed E-state index contributed by atoms with van der Waals surface area (Å²) in [5, 5.41) is 8.85. The molecule has 24 heavy (non-hydrogen) atoms. The fourth-order valence-corrected chi connectivity index (χ4v) is 2.88. The third-order valence-corrected chi connectivity index (χ3v) is 4.59. The molecule has 0 N–H and O–H groups in total. The van der Waals surface area contributed by atoms with Gasteiger partial charge < -0.3 is 9.74 Å². The van der Waals surface area contributed by atoms with Crippen LogP contribution in [-0.2, 0) is 16.7 Å². The molecular weight excluding hydrogens is 351 g/mol. The van der Waals surface area contributed by atoms with Gasteiger partial charge in [-0.1, -0.05) is 40.5 Å². The van der Waals surface area contributed by atoms with E-state index in [1.54, 1.807) is 40.2 Å². The van der Waals surface area contributed by atoms with Gasteiger partial charge in [0.15, 0.2) is 0 Å². The van der Waals surface area contributed by atoms with E-state index in [1.807, 2.05) is 7.05 Å². The zero-order valence-electron chi connectivity index (χ0n) is 13.0. The summed E-state index contributed by atoms with van der Waals surface area (Å²) in [5.41, 5.74) is 1.40. The van der Waals surface area contributed by atoms with E-state index in [2.05, 4.69) is 10.3 Å². The summed E-state index contributed by atoms with van der Waals surface area (Å²) >= 11 is 12.0. The maximum atomic E-state index is 12.5. The number of hydrogen-bond acceptors (Lipinski definition) is 4. The highest BCUT2D eigenvalue weighted by Crippen LogP contribution is 2.25. The van der Waals surface area contributed by atoms with Gasteiger partial charge in [-0.05, 0) is 18.9 Å². The van der Waals surface area contributed by atoms with Gasteiger partial charge in [0.25, 0.3) is 5.91 Å². The van der Waals surface area contributed by atoms with Crippen molar-refractivity contribution in [3.8, 4) is 0 Å². The van der Waals surface area contributed by atoms with Crippen LogP contribution in [0.1, 0.15) is 18.4 Å². The summed E-state index contributed by atoms with van der Waals surface area (Å²) in [6.45, 7) is 0.647. The van der Waals surface area contributed by atoms with Crippen molar-refractivity contribution < 1.29 is 9.63 Å². The van der Waals surface area contributed by atoms with Crippen LogP contribution in [-0.4, -0.2) is 34.6 Å². The Hall–Kier alpha value is -2.05. The van der Waals surface area contributed by atoms with Crippen molar-refractivity contribution in [2.75, 3.05) is 11.4 Å². The molecule has 1 fully saturated rings. The summed E-state index contributed by atoms with van der Waals surface area (Å²) in [6.07, 6.45) is 5.76. The average molecular weight is 367 g/mol. The number of aromatic nitrogens is 2. The van der Waals surface area contributed by atoms with Crippen LogP contribution >= 0.6 is 23.2 Å². The van der Waals surface area contributed by atoms with Gasteiger partial charge in [-0.3, -0.25) is 9.48 Å². The maximum Gasteiger partial charge on any atom is 0.270 e. The number of aryl methyl sites for hydroxylation is 1. The molecule has 1 aromatic heterocycles. The van der Waals surface area contributed by atoms with Gasteiger partial charge in [0.2, 0.25) is 6.10 Å². The number of piperidine rings is 1. The van der Waals surface area contributed by atoms with Crippen molar-refractivity contribution in [1.29, 1.82) is 0 Å². The van der Waals surface area contributed by atoms with Gasteiger partial charge in [-0.2, -0.15) is 5.10 Å². The lowest BCUT2D eigenvalue weighted by atomic mass is 10.1. The van der Waals surface area contributed by atoms with Crippen LogP contribution in [0.15, 0.2) is 35.7 Å². The molecule has 2 heterocycles. The summed E-state index contributed by atoms with van der Waals surface area (Å²) in [7, 11) is 1.81. The first-order valence-electron chi connectivity index (χ1n) is 7.49. The molecule has 6 nitrogen and oxygen atoms in total. The fourth-order valence-electron chi connectivity index (χ4n) is 2.52. The molecule has 0 saturated carbocycles. The van der Waals surface area contributed by atoms with E-state index in [4.69, 9.17) is 28.0 Å². The van der Waals surface area contributed by atoms with Crippen LogP contribution in [0.4, 0.5) is 5.69 Å². The molecule has 1 aliphatic rings. The van der Waals surface area contributed by atoms with Crippen LogP contribution in [0.3, 0.4) is 0 Å². The molecule has 1 saturated heterocycles. The molecule has 0 radical (unpaired) electrons. The molecule has 0 bridgehead atoms. The lowest BCUT2D eigenvalue weighted by Gasteiger charge is -2.29. The van der Waals surface area contributed by atoms with Crippen LogP contribution in [0.25, 0.3) is 0 Å². The third-order valence-electron chi connectivity index (χ3n) is 3.75.